The van der Waals surface area contributed by atoms with E-state index in [2.05, 4.69) is 0 Å². The molecule has 5 heteroatoms. The fourth-order valence-electron chi connectivity index (χ4n) is 1.86. The van der Waals surface area contributed by atoms with Crippen molar-refractivity contribution in [2.24, 2.45) is 0 Å². The van der Waals surface area contributed by atoms with Gasteiger partial charge in [-0.15, -0.1) is 0 Å². The van der Waals surface area contributed by atoms with Gasteiger partial charge in [-0.1, -0.05) is 26.0 Å². The quantitative estimate of drug-likeness (QED) is 0.861. The molecule has 18 heavy (non-hydrogen) atoms. The van der Waals surface area contributed by atoms with E-state index in [1.165, 1.54) is 10.4 Å². The summed E-state index contributed by atoms with van der Waals surface area (Å²) in [5, 5.41) is 9.07. The molecule has 0 bridgehead atoms. The average Bonchev–Trinajstić information content (AvgIpc) is 2.39. The standard InChI is InChI=1S/C13H21NO3S/c1-4-11(3)14(5-2)18(16,17)13-8-6-7-12(9-13)10-15/h6-9,11,15H,4-5,10H2,1-3H3. The Kier molecular flexibility index (Phi) is 5.31. The summed E-state index contributed by atoms with van der Waals surface area (Å²) in [6.07, 6.45) is 0.771. The second kappa shape index (κ2) is 6.31. The number of aliphatic hydroxyl groups excluding tert-OH is 1. The van der Waals surface area contributed by atoms with Crippen LogP contribution in [-0.4, -0.2) is 30.4 Å². The van der Waals surface area contributed by atoms with Crippen LogP contribution in [0.25, 0.3) is 0 Å². The molecule has 1 unspecified atom stereocenters. The predicted octanol–water partition coefficient (Wildman–Crippen LogP) is 1.99. The molecule has 1 atom stereocenters. The third-order valence-electron chi connectivity index (χ3n) is 3.08. The van der Waals surface area contributed by atoms with Crippen molar-refractivity contribution < 1.29 is 13.5 Å². The summed E-state index contributed by atoms with van der Waals surface area (Å²) in [6.45, 7) is 5.99. The third kappa shape index (κ3) is 3.10. The first-order valence-corrected chi connectivity index (χ1v) is 7.63. The highest BCUT2D eigenvalue weighted by Crippen LogP contribution is 2.20. The molecule has 0 fully saturated rings. The second-order valence-corrected chi connectivity index (χ2v) is 6.16. The lowest BCUT2D eigenvalue weighted by atomic mass is 10.2. The molecular weight excluding hydrogens is 250 g/mol. The summed E-state index contributed by atoms with van der Waals surface area (Å²) >= 11 is 0. The van der Waals surface area contributed by atoms with Crippen molar-refractivity contribution in [2.75, 3.05) is 6.54 Å². The zero-order valence-electron chi connectivity index (χ0n) is 11.1. The van der Waals surface area contributed by atoms with Crippen LogP contribution in [0.1, 0.15) is 32.8 Å². The van der Waals surface area contributed by atoms with Gasteiger partial charge in [0, 0.05) is 12.6 Å². The van der Waals surface area contributed by atoms with Gasteiger partial charge in [-0.3, -0.25) is 0 Å². The van der Waals surface area contributed by atoms with Crippen LogP contribution in [0.5, 0.6) is 0 Å². The molecule has 1 aromatic carbocycles. The van der Waals surface area contributed by atoms with Gasteiger partial charge in [0.05, 0.1) is 11.5 Å². The Morgan fingerprint density at radius 3 is 2.50 bits per heavy atom. The molecule has 1 N–H and O–H groups in total. The lowest BCUT2D eigenvalue weighted by molar-refractivity contribution is 0.281. The summed E-state index contributed by atoms with van der Waals surface area (Å²) in [7, 11) is -3.47. The van der Waals surface area contributed by atoms with E-state index < -0.39 is 10.0 Å². The van der Waals surface area contributed by atoms with Crippen LogP contribution in [0.2, 0.25) is 0 Å². The molecule has 1 rings (SSSR count). The highest BCUT2D eigenvalue weighted by molar-refractivity contribution is 7.89. The Bertz CT molecular complexity index is 485. The SMILES string of the molecule is CCC(C)N(CC)S(=O)(=O)c1cccc(CO)c1. The van der Waals surface area contributed by atoms with Crippen molar-refractivity contribution >= 4 is 10.0 Å². The van der Waals surface area contributed by atoms with Crippen molar-refractivity contribution in [3.05, 3.63) is 29.8 Å². The Hall–Kier alpha value is -0.910. The highest BCUT2D eigenvalue weighted by atomic mass is 32.2. The predicted molar refractivity (Wildman–Crippen MR) is 71.7 cm³/mol. The summed E-state index contributed by atoms with van der Waals surface area (Å²) < 4.78 is 26.4. The molecule has 0 aliphatic carbocycles. The van der Waals surface area contributed by atoms with Gasteiger partial charge < -0.3 is 5.11 Å². The molecule has 0 saturated carbocycles. The zero-order valence-corrected chi connectivity index (χ0v) is 11.9. The Morgan fingerprint density at radius 2 is 2.00 bits per heavy atom. The Morgan fingerprint density at radius 1 is 1.33 bits per heavy atom. The molecule has 0 radical (unpaired) electrons. The average molecular weight is 271 g/mol. The largest absolute Gasteiger partial charge is 0.392 e. The Labute approximate surface area is 109 Å². The monoisotopic (exact) mass is 271 g/mol. The van der Waals surface area contributed by atoms with Gasteiger partial charge in [0.25, 0.3) is 0 Å². The number of benzene rings is 1. The molecule has 0 amide bonds. The first kappa shape index (κ1) is 15.1. The smallest absolute Gasteiger partial charge is 0.243 e. The van der Waals surface area contributed by atoms with Crippen molar-refractivity contribution in [3.8, 4) is 0 Å². The summed E-state index contributed by atoms with van der Waals surface area (Å²) in [5.41, 5.74) is 0.608. The molecule has 102 valence electrons. The van der Waals surface area contributed by atoms with E-state index >= 15 is 0 Å². The van der Waals surface area contributed by atoms with E-state index in [1.807, 2.05) is 20.8 Å². The van der Waals surface area contributed by atoms with Crippen molar-refractivity contribution in [2.45, 2.75) is 44.7 Å². The minimum Gasteiger partial charge on any atom is -0.392 e. The van der Waals surface area contributed by atoms with Gasteiger partial charge in [0.2, 0.25) is 10.0 Å². The maximum Gasteiger partial charge on any atom is 0.243 e. The van der Waals surface area contributed by atoms with E-state index in [4.69, 9.17) is 5.11 Å². The normalized spacial score (nSPS) is 13.8. The number of nitrogens with zero attached hydrogens (tertiary/aromatic N) is 1. The molecule has 0 aromatic heterocycles. The maximum absolute atomic E-state index is 12.5. The van der Waals surface area contributed by atoms with E-state index in [0.717, 1.165) is 6.42 Å². The molecular formula is C13H21NO3S. The lowest BCUT2D eigenvalue weighted by Crippen LogP contribution is -2.38. The van der Waals surface area contributed by atoms with Crippen molar-refractivity contribution in [1.82, 2.24) is 4.31 Å². The van der Waals surface area contributed by atoms with Gasteiger partial charge in [-0.05, 0) is 31.0 Å². The van der Waals surface area contributed by atoms with Gasteiger partial charge in [0.15, 0.2) is 0 Å². The van der Waals surface area contributed by atoms with Gasteiger partial charge in [-0.2, -0.15) is 4.31 Å². The number of aliphatic hydroxyl groups is 1. The third-order valence-corrected chi connectivity index (χ3v) is 5.17. The van der Waals surface area contributed by atoms with Gasteiger partial charge in [0.1, 0.15) is 0 Å². The molecule has 0 heterocycles. The molecule has 0 aliphatic rings. The first-order valence-electron chi connectivity index (χ1n) is 6.19. The second-order valence-electron chi connectivity index (χ2n) is 4.27. The van der Waals surface area contributed by atoms with Crippen LogP contribution in [0.3, 0.4) is 0 Å². The minimum absolute atomic E-state index is 0.0298. The van der Waals surface area contributed by atoms with Gasteiger partial charge in [-0.25, -0.2) is 8.42 Å². The van der Waals surface area contributed by atoms with Crippen molar-refractivity contribution in [1.29, 1.82) is 0 Å². The first-order chi connectivity index (χ1) is 8.47. The molecule has 0 saturated heterocycles. The minimum atomic E-state index is -3.47. The summed E-state index contributed by atoms with van der Waals surface area (Å²) in [4.78, 5) is 0.246. The van der Waals surface area contributed by atoms with Crippen molar-refractivity contribution in [3.63, 3.8) is 0 Å². The fourth-order valence-corrected chi connectivity index (χ4v) is 3.65. The Balaban J connectivity index is 3.18. The highest BCUT2D eigenvalue weighted by Gasteiger charge is 2.26. The van der Waals surface area contributed by atoms with Crippen LogP contribution in [0.15, 0.2) is 29.2 Å². The maximum atomic E-state index is 12.5. The summed E-state index contributed by atoms with van der Waals surface area (Å²) in [5.74, 6) is 0. The van der Waals surface area contributed by atoms with E-state index in [9.17, 15) is 8.42 Å². The molecule has 0 aliphatic heterocycles. The fraction of sp³-hybridized carbons (Fsp3) is 0.538. The topological polar surface area (TPSA) is 57.6 Å². The zero-order chi connectivity index (χ0) is 13.8. The number of sulfonamides is 1. The van der Waals surface area contributed by atoms with Gasteiger partial charge >= 0.3 is 0 Å². The van der Waals surface area contributed by atoms with Crippen LogP contribution >= 0.6 is 0 Å². The molecule has 4 nitrogen and oxygen atoms in total. The van der Waals surface area contributed by atoms with Crippen LogP contribution in [0, 0.1) is 0 Å². The molecule has 1 aromatic rings. The number of rotatable bonds is 6. The number of hydrogen-bond acceptors (Lipinski definition) is 3. The van der Waals surface area contributed by atoms with E-state index in [-0.39, 0.29) is 17.5 Å². The molecule has 0 spiro atoms. The summed E-state index contributed by atoms with van der Waals surface area (Å²) in [6, 6.07) is 6.43. The van der Waals surface area contributed by atoms with Crippen LogP contribution in [0.4, 0.5) is 0 Å². The van der Waals surface area contributed by atoms with Crippen LogP contribution < -0.4 is 0 Å². The van der Waals surface area contributed by atoms with E-state index in [1.54, 1.807) is 18.2 Å². The lowest BCUT2D eigenvalue weighted by Gasteiger charge is -2.26. The number of hydrogen-bond donors (Lipinski definition) is 1. The van der Waals surface area contributed by atoms with E-state index in [0.29, 0.717) is 12.1 Å². The van der Waals surface area contributed by atoms with Crippen LogP contribution in [-0.2, 0) is 16.6 Å².